The summed E-state index contributed by atoms with van der Waals surface area (Å²) in [5.41, 5.74) is -0.105. The first-order valence-corrected chi connectivity index (χ1v) is 10.2. The predicted molar refractivity (Wildman–Crippen MR) is 102 cm³/mol. The molecule has 0 aliphatic rings. The van der Waals surface area contributed by atoms with Crippen LogP contribution in [0.15, 0.2) is 42.7 Å². The largest absolute Gasteiger partial charge is 0.293 e. The number of ketones is 1. The number of rotatable bonds is 4. The average Bonchev–Trinajstić information content (AvgIpc) is 3.00. The van der Waals surface area contributed by atoms with E-state index in [2.05, 4.69) is 5.10 Å². The molecule has 0 bridgehead atoms. The number of hydrogen-bond acceptors (Lipinski definition) is 3. The number of hydrogen-bond donors (Lipinski definition) is 0. The number of carbonyl (C=O) groups excluding carboxylic acids is 1. The lowest BCUT2D eigenvalue weighted by Gasteiger charge is -2.22. The van der Waals surface area contributed by atoms with Crippen LogP contribution in [0.1, 0.15) is 26.3 Å². The molecule has 1 aromatic heterocycles. The van der Waals surface area contributed by atoms with Gasteiger partial charge < -0.3 is 0 Å². The van der Waals surface area contributed by atoms with Crippen molar-refractivity contribution < 1.29 is 13.4 Å². The second-order valence-corrected chi connectivity index (χ2v) is 10.0. The number of aromatic nitrogens is 2. The van der Waals surface area contributed by atoms with Gasteiger partial charge in [0.05, 0.1) is 10.6 Å². The lowest BCUT2D eigenvalue weighted by Crippen LogP contribution is -2.35. The van der Waals surface area contributed by atoms with Crippen molar-refractivity contribution in [2.75, 3.05) is 12.5 Å². The van der Waals surface area contributed by atoms with Gasteiger partial charge in [-0.1, -0.05) is 39.0 Å². The molecule has 0 amide bonds. The zero-order valence-electron chi connectivity index (χ0n) is 15.1. The van der Waals surface area contributed by atoms with Gasteiger partial charge in [-0.05, 0) is 27.7 Å². The van der Waals surface area contributed by atoms with Crippen molar-refractivity contribution in [3.05, 3.63) is 54.1 Å². The summed E-state index contributed by atoms with van der Waals surface area (Å²) in [7, 11) is -2.64. The van der Waals surface area contributed by atoms with Gasteiger partial charge in [0, 0.05) is 35.9 Å². The first-order valence-electron chi connectivity index (χ1n) is 7.84. The van der Waals surface area contributed by atoms with Gasteiger partial charge >= 0.3 is 0 Å². The molecule has 4 nitrogen and oxygen atoms in total. The molecular weight excluding hydrogens is 339 g/mol. The van der Waals surface area contributed by atoms with Gasteiger partial charge in [-0.25, -0.2) is 9.07 Å². The van der Waals surface area contributed by atoms with E-state index in [-0.39, 0.29) is 10.6 Å². The third-order valence-electron chi connectivity index (χ3n) is 3.56. The molecule has 0 unspecified atom stereocenters. The van der Waals surface area contributed by atoms with Crippen molar-refractivity contribution in [2.45, 2.75) is 20.8 Å². The highest BCUT2D eigenvalue weighted by molar-refractivity contribution is 8.03. The summed E-state index contributed by atoms with van der Waals surface area (Å²) < 4.78 is 28.6. The summed E-state index contributed by atoms with van der Waals surface area (Å²) >= 11 is 0. The molecule has 0 radical (unpaired) electrons. The molecule has 25 heavy (non-hydrogen) atoms. The fourth-order valence-electron chi connectivity index (χ4n) is 2.32. The molecule has 0 saturated heterocycles. The van der Waals surface area contributed by atoms with Gasteiger partial charge in [-0.15, -0.1) is 0 Å². The summed E-state index contributed by atoms with van der Waals surface area (Å²) in [5, 5.41) is 4.17. The predicted octanol–water partition coefficient (Wildman–Crippen LogP) is 3.35. The first-order chi connectivity index (χ1) is 11.5. The van der Waals surface area contributed by atoms with Crippen LogP contribution in [0.2, 0.25) is 0 Å². The standard InChI is InChI=1S/C19H23FN2O2S/c1-19(2,3)18(23)17(25(4,5)24)16(22-12-8-11-21-22)13-14-9-6-7-10-15(14)20/h6-13H,1-5H3/b16-13+. The number of carbonyl (C=O) groups is 1. The van der Waals surface area contributed by atoms with Crippen LogP contribution in [0.25, 0.3) is 11.8 Å². The van der Waals surface area contributed by atoms with Crippen LogP contribution >= 0.6 is 0 Å². The van der Waals surface area contributed by atoms with E-state index in [4.69, 9.17) is 0 Å². The maximum atomic E-state index is 14.1. The fourth-order valence-corrected chi connectivity index (χ4v) is 3.73. The first kappa shape index (κ1) is 19.1. The molecule has 0 spiro atoms. The summed E-state index contributed by atoms with van der Waals surface area (Å²) in [6, 6.07) is 7.93. The van der Waals surface area contributed by atoms with E-state index in [1.165, 1.54) is 29.3 Å². The lowest BCUT2D eigenvalue weighted by molar-refractivity contribution is -0.119. The van der Waals surface area contributed by atoms with Crippen molar-refractivity contribution in [2.24, 2.45) is 5.41 Å². The van der Waals surface area contributed by atoms with Crippen molar-refractivity contribution in [1.29, 1.82) is 0 Å². The van der Waals surface area contributed by atoms with Crippen LogP contribution in [0.5, 0.6) is 0 Å². The van der Waals surface area contributed by atoms with Gasteiger partial charge in [-0.3, -0.25) is 9.00 Å². The number of benzene rings is 1. The normalized spacial score (nSPS) is 13.0. The third-order valence-corrected chi connectivity index (χ3v) is 4.94. The highest BCUT2D eigenvalue weighted by atomic mass is 32.2. The summed E-state index contributed by atoms with van der Waals surface area (Å²) in [5.74, 6) is -0.672. The van der Waals surface area contributed by atoms with Crippen LogP contribution in [0.3, 0.4) is 0 Å². The van der Waals surface area contributed by atoms with Gasteiger partial charge in [-0.2, -0.15) is 5.10 Å². The molecule has 2 aromatic rings. The van der Waals surface area contributed by atoms with Gasteiger partial charge in [0.25, 0.3) is 0 Å². The summed E-state index contributed by atoms with van der Waals surface area (Å²) in [6.07, 6.45) is 7.76. The average molecular weight is 362 g/mol. The minimum absolute atomic E-state index is 0.159. The van der Waals surface area contributed by atoms with E-state index >= 15 is 0 Å². The minimum Gasteiger partial charge on any atom is -0.293 e. The Morgan fingerprint density at radius 2 is 1.84 bits per heavy atom. The molecule has 1 aromatic carbocycles. The molecule has 0 atom stereocenters. The molecule has 2 rings (SSSR count). The van der Waals surface area contributed by atoms with Crippen molar-refractivity contribution in [3.63, 3.8) is 0 Å². The van der Waals surface area contributed by atoms with Crippen molar-refractivity contribution in [3.8, 4) is 0 Å². The fraction of sp³-hybridized carbons (Fsp3) is 0.316. The van der Waals surface area contributed by atoms with Crippen LogP contribution < -0.4 is 0 Å². The van der Waals surface area contributed by atoms with Crippen molar-refractivity contribution >= 4 is 31.9 Å². The van der Waals surface area contributed by atoms with Gasteiger partial charge in [0.1, 0.15) is 5.82 Å². The van der Waals surface area contributed by atoms with Crippen LogP contribution in [0, 0.1) is 11.2 Å². The third kappa shape index (κ3) is 4.45. The Balaban J connectivity index is 2.82. The van der Waals surface area contributed by atoms with Crippen molar-refractivity contribution in [1.82, 2.24) is 9.78 Å². The van der Waals surface area contributed by atoms with E-state index in [9.17, 15) is 13.4 Å². The van der Waals surface area contributed by atoms with E-state index in [1.54, 1.807) is 57.4 Å². The van der Waals surface area contributed by atoms with E-state index in [1.807, 2.05) is 0 Å². The Bertz CT molecular complexity index is 921. The Hall–Kier alpha value is -2.21. The number of Topliss-reactive ketones (excluding diaryl/α,β-unsaturated/α-hetero) is 1. The van der Waals surface area contributed by atoms with Crippen LogP contribution in [-0.2, 0) is 14.3 Å². The summed E-state index contributed by atoms with van der Waals surface area (Å²) in [4.78, 5) is 13.2. The SMILES string of the molecule is CC(C)(C)C(=O)C(/C(=C\c1ccccc1F)n1cccn1)=S(C)(C)=O. The molecule has 6 heteroatoms. The molecule has 134 valence electrons. The molecule has 0 aliphatic heterocycles. The smallest absolute Gasteiger partial charge is 0.178 e. The second-order valence-electron chi connectivity index (χ2n) is 7.14. The van der Waals surface area contributed by atoms with Crippen LogP contribution in [-0.4, -0.2) is 37.1 Å². The molecule has 0 saturated carbocycles. The maximum Gasteiger partial charge on any atom is 0.178 e. The number of allylic oxidation sites excluding steroid dienone is 1. The van der Waals surface area contributed by atoms with E-state index in [0.29, 0.717) is 11.3 Å². The highest BCUT2D eigenvalue weighted by Crippen LogP contribution is 2.24. The van der Waals surface area contributed by atoms with E-state index in [0.717, 1.165) is 0 Å². The maximum absolute atomic E-state index is 14.1. The van der Waals surface area contributed by atoms with E-state index < -0.39 is 20.8 Å². The lowest BCUT2D eigenvalue weighted by atomic mass is 9.88. The molecule has 0 N–H and O–H groups in total. The second kappa shape index (κ2) is 6.96. The zero-order valence-corrected chi connectivity index (χ0v) is 15.9. The Morgan fingerprint density at radius 3 is 2.32 bits per heavy atom. The molecule has 0 fully saturated rings. The Labute approximate surface area is 148 Å². The zero-order chi connectivity index (χ0) is 18.8. The monoisotopic (exact) mass is 362 g/mol. The molecular formula is C19H23FN2O2S. The van der Waals surface area contributed by atoms with Gasteiger partial charge in [0.15, 0.2) is 5.78 Å². The Kier molecular flexibility index (Phi) is 5.32. The number of halogens is 1. The number of nitrogens with zero attached hydrogens (tertiary/aromatic N) is 2. The topological polar surface area (TPSA) is 52.0 Å². The molecule has 1 heterocycles. The summed E-state index contributed by atoms with van der Waals surface area (Å²) in [6.45, 7) is 5.30. The minimum atomic E-state index is -2.64. The highest BCUT2D eigenvalue weighted by Gasteiger charge is 2.31. The Morgan fingerprint density at radius 1 is 1.20 bits per heavy atom. The van der Waals surface area contributed by atoms with Gasteiger partial charge in [0.2, 0.25) is 0 Å². The molecule has 0 aliphatic carbocycles. The quantitative estimate of drug-likeness (QED) is 0.619. The van der Waals surface area contributed by atoms with Crippen LogP contribution in [0.4, 0.5) is 4.39 Å².